The largest absolute Gasteiger partial charge is 0.444 e. The topological polar surface area (TPSA) is 105 Å². The van der Waals surface area contributed by atoms with Gasteiger partial charge in [0.1, 0.15) is 18.0 Å². The fourth-order valence-electron chi connectivity index (χ4n) is 3.11. The minimum absolute atomic E-state index is 0.161. The number of rotatable bonds is 5. The fraction of sp³-hybridized carbons (Fsp3) is 0.789. The zero-order valence-corrected chi connectivity index (χ0v) is 18.0. The van der Waals surface area contributed by atoms with Crippen LogP contribution in [0.15, 0.2) is 4.99 Å². The van der Waals surface area contributed by atoms with Crippen LogP contribution in [0.1, 0.15) is 65.0 Å². The first-order valence-corrected chi connectivity index (χ1v) is 10.1. The average Bonchev–Trinajstić information content (AvgIpc) is 2.92. The third-order valence-electron chi connectivity index (χ3n) is 4.69. The van der Waals surface area contributed by atoms with Gasteiger partial charge in [0.25, 0.3) is 0 Å². The Morgan fingerprint density at radius 3 is 2.29 bits per heavy atom. The van der Waals surface area contributed by atoms with Crippen molar-refractivity contribution in [2.24, 2.45) is 12.0 Å². The van der Waals surface area contributed by atoms with E-state index >= 15 is 0 Å². The number of amides is 1. The van der Waals surface area contributed by atoms with Crippen molar-refractivity contribution in [2.75, 3.05) is 6.54 Å². The van der Waals surface area contributed by atoms with Gasteiger partial charge in [0.15, 0.2) is 11.8 Å². The second-order valence-electron chi connectivity index (χ2n) is 8.26. The van der Waals surface area contributed by atoms with E-state index in [-0.39, 0.29) is 12.1 Å². The molecule has 1 heterocycles. The van der Waals surface area contributed by atoms with Crippen molar-refractivity contribution in [1.29, 1.82) is 0 Å². The summed E-state index contributed by atoms with van der Waals surface area (Å²) in [6, 6.07) is 0.491. The number of carbonyl (C=O) groups is 1. The van der Waals surface area contributed by atoms with E-state index in [0.717, 1.165) is 49.8 Å². The van der Waals surface area contributed by atoms with Gasteiger partial charge >= 0.3 is 6.09 Å². The van der Waals surface area contributed by atoms with Gasteiger partial charge < -0.3 is 25.3 Å². The molecule has 9 heteroatoms. The van der Waals surface area contributed by atoms with Crippen LogP contribution in [0.25, 0.3) is 0 Å². The molecule has 1 aromatic heterocycles. The molecule has 1 amide bonds. The van der Waals surface area contributed by atoms with Crippen LogP contribution in [-0.4, -0.2) is 51.0 Å². The van der Waals surface area contributed by atoms with E-state index in [4.69, 9.17) is 4.74 Å². The molecule has 1 aromatic rings. The van der Waals surface area contributed by atoms with Gasteiger partial charge in [-0.05, 0) is 60.3 Å². The molecule has 1 aliphatic carbocycles. The Kier molecular flexibility index (Phi) is 7.65. The third kappa shape index (κ3) is 7.01. The molecule has 0 unspecified atom stereocenters. The average molecular weight is 394 g/mol. The van der Waals surface area contributed by atoms with Gasteiger partial charge in [0.05, 0.1) is 0 Å². The van der Waals surface area contributed by atoms with Crippen LogP contribution in [0.5, 0.6) is 0 Å². The Hall–Kier alpha value is -2.32. The van der Waals surface area contributed by atoms with Crippen molar-refractivity contribution in [1.82, 2.24) is 30.7 Å². The van der Waals surface area contributed by atoms with Crippen molar-refractivity contribution in [3.8, 4) is 0 Å². The Morgan fingerprint density at radius 1 is 1.18 bits per heavy atom. The molecule has 0 radical (unpaired) electrons. The smallest absolute Gasteiger partial charge is 0.407 e. The van der Waals surface area contributed by atoms with Gasteiger partial charge in [-0.15, -0.1) is 10.2 Å². The Bertz CT molecular complexity index is 670. The predicted octanol–water partition coefficient (Wildman–Crippen LogP) is 2.01. The number of alkyl carbamates (subject to hydrolysis) is 1. The number of ether oxygens (including phenoxy) is 1. The van der Waals surface area contributed by atoms with Crippen molar-refractivity contribution in [3.05, 3.63) is 11.6 Å². The normalized spacial score (nSPS) is 20.6. The molecule has 0 aliphatic heterocycles. The van der Waals surface area contributed by atoms with Gasteiger partial charge in [0.2, 0.25) is 0 Å². The van der Waals surface area contributed by atoms with Crippen LogP contribution < -0.4 is 16.0 Å². The first kappa shape index (κ1) is 22.0. The Morgan fingerprint density at radius 2 is 1.79 bits per heavy atom. The molecular formula is C19H35N7O2. The molecule has 1 aliphatic rings. The zero-order valence-electron chi connectivity index (χ0n) is 18.0. The maximum Gasteiger partial charge on any atom is 0.407 e. The molecular weight excluding hydrogens is 358 g/mol. The van der Waals surface area contributed by atoms with E-state index in [1.807, 2.05) is 46.2 Å². The number of aryl methyl sites for hydroxylation is 1. The molecule has 0 spiro atoms. The van der Waals surface area contributed by atoms with Crippen LogP contribution in [0.3, 0.4) is 0 Å². The van der Waals surface area contributed by atoms with E-state index < -0.39 is 5.60 Å². The quantitative estimate of drug-likeness (QED) is 0.522. The summed E-state index contributed by atoms with van der Waals surface area (Å²) in [4.78, 5) is 16.6. The van der Waals surface area contributed by atoms with Crippen LogP contribution in [-0.2, 0) is 18.3 Å². The predicted molar refractivity (Wildman–Crippen MR) is 109 cm³/mol. The summed E-state index contributed by atoms with van der Waals surface area (Å²) in [6.45, 7) is 10.9. The maximum absolute atomic E-state index is 11.9. The zero-order chi connectivity index (χ0) is 20.7. The number of hydrogen-bond donors (Lipinski definition) is 3. The molecule has 3 N–H and O–H groups in total. The van der Waals surface area contributed by atoms with E-state index in [1.54, 1.807) is 0 Å². The number of nitrogens with zero attached hydrogens (tertiary/aromatic N) is 4. The summed E-state index contributed by atoms with van der Waals surface area (Å²) in [5, 5.41) is 18.0. The molecule has 158 valence electrons. The van der Waals surface area contributed by atoms with E-state index in [2.05, 4.69) is 31.1 Å². The SMILES string of the molecule is CCNC(=NCc1nnc(C)n1C)NC1CCC(NC(=O)OC(C)(C)C)CC1. The molecule has 1 saturated carbocycles. The lowest BCUT2D eigenvalue weighted by molar-refractivity contribution is 0.0490. The summed E-state index contributed by atoms with van der Waals surface area (Å²) in [5.74, 6) is 2.49. The highest BCUT2D eigenvalue weighted by Crippen LogP contribution is 2.19. The van der Waals surface area contributed by atoms with Crippen molar-refractivity contribution < 1.29 is 9.53 Å². The summed E-state index contributed by atoms with van der Waals surface area (Å²) >= 11 is 0. The van der Waals surface area contributed by atoms with Crippen LogP contribution in [0.4, 0.5) is 4.79 Å². The number of guanidine groups is 1. The Balaban J connectivity index is 1.82. The molecule has 0 saturated heterocycles. The first-order valence-electron chi connectivity index (χ1n) is 10.1. The standard InChI is InChI=1S/C19H35N7O2/c1-7-20-17(21-12-16-25-24-13(2)26(16)6)22-14-8-10-15(11-9-14)23-18(27)28-19(3,4)5/h14-15H,7-12H2,1-6H3,(H,23,27)(H2,20,21,22). The summed E-state index contributed by atoms with van der Waals surface area (Å²) in [7, 11) is 1.94. The lowest BCUT2D eigenvalue weighted by Gasteiger charge is -2.31. The van der Waals surface area contributed by atoms with E-state index in [0.29, 0.717) is 12.6 Å². The van der Waals surface area contributed by atoms with Crippen molar-refractivity contribution in [3.63, 3.8) is 0 Å². The first-order chi connectivity index (χ1) is 13.2. The van der Waals surface area contributed by atoms with Gasteiger partial charge in [-0.3, -0.25) is 0 Å². The number of carbonyl (C=O) groups excluding carboxylic acids is 1. The highest BCUT2D eigenvalue weighted by atomic mass is 16.6. The minimum atomic E-state index is -0.471. The lowest BCUT2D eigenvalue weighted by atomic mass is 9.91. The molecule has 0 aromatic carbocycles. The van der Waals surface area contributed by atoms with Gasteiger partial charge in [-0.2, -0.15) is 0 Å². The third-order valence-corrected chi connectivity index (χ3v) is 4.69. The number of aromatic nitrogens is 3. The maximum atomic E-state index is 11.9. The van der Waals surface area contributed by atoms with Crippen molar-refractivity contribution in [2.45, 2.75) is 84.5 Å². The van der Waals surface area contributed by atoms with Gasteiger partial charge in [-0.1, -0.05) is 0 Å². The second kappa shape index (κ2) is 9.75. The highest BCUT2D eigenvalue weighted by molar-refractivity contribution is 5.80. The summed E-state index contributed by atoms with van der Waals surface area (Å²) < 4.78 is 7.29. The molecule has 0 atom stereocenters. The molecule has 1 fully saturated rings. The van der Waals surface area contributed by atoms with E-state index in [1.165, 1.54) is 0 Å². The molecule has 28 heavy (non-hydrogen) atoms. The monoisotopic (exact) mass is 393 g/mol. The second-order valence-corrected chi connectivity index (χ2v) is 8.26. The number of aliphatic imine (C=N–C) groups is 1. The lowest BCUT2D eigenvalue weighted by Crippen LogP contribution is -2.48. The van der Waals surface area contributed by atoms with Crippen molar-refractivity contribution >= 4 is 12.1 Å². The fourth-order valence-corrected chi connectivity index (χ4v) is 3.11. The van der Waals surface area contributed by atoms with Gasteiger partial charge in [-0.25, -0.2) is 9.79 Å². The molecule has 9 nitrogen and oxygen atoms in total. The molecule has 0 bridgehead atoms. The van der Waals surface area contributed by atoms with Gasteiger partial charge in [0, 0.05) is 25.7 Å². The van der Waals surface area contributed by atoms with Crippen LogP contribution in [0, 0.1) is 6.92 Å². The highest BCUT2D eigenvalue weighted by Gasteiger charge is 2.25. The molecule has 2 rings (SSSR count). The van der Waals surface area contributed by atoms with Crippen LogP contribution >= 0.6 is 0 Å². The Labute approximate surface area is 167 Å². The minimum Gasteiger partial charge on any atom is -0.444 e. The number of hydrogen-bond acceptors (Lipinski definition) is 5. The van der Waals surface area contributed by atoms with E-state index in [9.17, 15) is 4.79 Å². The van der Waals surface area contributed by atoms with Crippen LogP contribution in [0.2, 0.25) is 0 Å². The number of nitrogens with one attached hydrogen (secondary N) is 3. The summed E-state index contributed by atoms with van der Waals surface area (Å²) in [5.41, 5.74) is -0.471. The summed E-state index contributed by atoms with van der Waals surface area (Å²) in [6.07, 6.45) is 3.43.